The zero-order valence-corrected chi connectivity index (χ0v) is 9.04. The van der Waals surface area contributed by atoms with Gasteiger partial charge in [-0.15, -0.1) is 0 Å². The lowest BCUT2D eigenvalue weighted by molar-refractivity contribution is -0.153. The third-order valence-electron chi connectivity index (χ3n) is 2.68. The maximum absolute atomic E-state index is 11.2. The minimum absolute atomic E-state index is 0.196. The molecule has 0 saturated heterocycles. The number of rotatable bonds is 4. The molecule has 0 unspecified atom stereocenters. The molecule has 1 fully saturated rings. The van der Waals surface area contributed by atoms with E-state index in [9.17, 15) is 9.59 Å². The molecule has 0 aromatic rings. The highest BCUT2D eigenvalue weighted by Crippen LogP contribution is 2.40. The molecule has 1 saturated carbocycles. The predicted octanol–water partition coefficient (Wildman–Crippen LogP) is 0.0171. The average molecular weight is 215 g/mol. The van der Waals surface area contributed by atoms with Gasteiger partial charge in [0.2, 0.25) is 0 Å². The second kappa shape index (κ2) is 4.48. The first-order valence-corrected chi connectivity index (χ1v) is 4.91. The number of hydrogen-bond acceptors (Lipinski definition) is 3. The van der Waals surface area contributed by atoms with E-state index in [0.717, 1.165) is 6.42 Å². The summed E-state index contributed by atoms with van der Waals surface area (Å²) in [5.74, 6) is -0.820. The van der Waals surface area contributed by atoms with E-state index in [4.69, 9.17) is 5.11 Å². The molecule has 6 heteroatoms. The fourth-order valence-corrected chi connectivity index (χ4v) is 1.56. The summed E-state index contributed by atoms with van der Waals surface area (Å²) in [7, 11) is 3.38. The third kappa shape index (κ3) is 2.82. The molecule has 0 heterocycles. The molecule has 0 bridgehead atoms. The molecule has 0 atom stereocenters. The van der Waals surface area contributed by atoms with Gasteiger partial charge in [0, 0.05) is 20.6 Å². The van der Waals surface area contributed by atoms with Crippen LogP contribution in [0.2, 0.25) is 0 Å². The molecule has 86 valence electrons. The minimum atomic E-state index is -0.820. The third-order valence-corrected chi connectivity index (χ3v) is 2.68. The Bertz CT molecular complexity index is 261. The predicted molar refractivity (Wildman–Crippen MR) is 54.1 cm³/mol. The van der Waals surface area contributed by atoms with Crippen LogP contribution in [0.15, 0.2) is 0 Å². The fourth-order valence-electron chi connectivity index (χ4n) is 1.56. The van der Waals surface area contributed by atoms with Crippen molar-refractivity contribution < 1.29 is 14.7 Å². The molecule has 1 aliphatic carbocycles. The van der Waals surface area contributed by atoms with Gasteiger partial charge >= 0.3 is 12.0 Å². The van der Waals surface area contributed by atoms with Crippen molar-refractivity contribution in [2.45, 2.75) is 19.3 Å². The van der Waals surface area contributed by atoms with E-state index in [2.05, 4.69) is 10.7 Å². The lowest BCUT2D eigenvalue weighted by atomic mass is 9.69. The fraction of sp³-hybridized carbons (Fsp3) is 0.778. The van der Waals surface area contributed by atoms with Crippen molar-refractivity contribution >= 4 is 12.0 Å². The Labute approximate surface area is 88.6 Å². The molecule has 2 amide bonds. The number of carbonyl (C=O) groups excluding carboxylic acids is 1. The van der Waals surface area contributed by atoms with Crippen molar-refractivity contribution in [1.29, 1.82) is 0 Å². The zero-order valence-electron chi connectivity index (χ0n) is 9.04. The van der Waals surface area contributed by atoms with E-state index >= 15 is 0 Å². The van der Waals surface area contributed by atoms with Crippen molar-refractivity contribution in [2.24, 2.45) is 5.41 Å². The molecular weight excluding hydrogens is 198 g/mol. The first-order valence-electron chi connectivity index (χ1n) is 4.91. The van der Waals surface area contributed by atoms with E-state index < -0.39 is 11.4 Å². The van der Waals surface area contributed by atoms with Crippen LogP contribution in [0.4, 0.5) is 4.79 Å². The first-order chi connectivity index (χ1) is 6.96. The van der Waals surface area contributed by atoms with E-state index in [1.165, 1.54) is 5.01 Å². The van der Waals surface area contributed by atoms with Crippen LogP contribution in [0, 0.1) is 5.41 Å². The van der Waals surface area contributed by atoms with Crippen LogP contribution in [0.1, 0.15) is 19.3 Å². The van der Waals surface area contributed by atoms with Crippen molar-refractivity contribution in [2.75, 3.05) is 20.6 Å². The summed E-state index contributed by atoms with van der Waals surface area (Å²) in [6, 6.07) is -0.368. The summed E-state index contributed by atoms with van der Waals surface area (Å²) in [4.78, 5) is 22.2. The largest absolute Gasteiger partial charge is 0.481 e. The summed E-state index contributed by atoms with van der Waals surface area (Å²) >= 11 is 0. The number of amides is 2. The van der Waals surface area contributed by atoms with Gasteiger partial charge in [0.05, 0.1) is 5.41 Å². The number of hydrazine groups is 1. The van der Waals surface area contributed by atoms with Gasteiger partial charge in [0.25, 0.3) is 0 Å². The van der Waals surface area contributed by atoms with E-state index in [-0.39, 0.29) is 12.6 Å². The van der Waals surface area contributed by atoms with Gasteiger partial charge in [0.15, 0.2) is 0 Å². The second-order valence-electron chi connectivity index (χ2n) is 4.13. The maximum Gasteiger partial charge on any atom is 0.329 e. The smallest absolute Gasteiger partial charge is 0.329 e. The molecule has 15 heavy (non-hydrogen) atoms. The van der Waals surface area contributed by atoms with Crippen LogP contribution in [0.25, 0.3) is 0 Å². The summed E-state index contributed by atoms with van der Waals surface area (Å²) in [6.07, 6.45) is 2.21. The first kappa shape index (κ1) is 11.8. The van der Waals surface area contributed by atoms with E-state index in [1.54, 1.807) is 14.1 Å². The van der Waals surface area contributed by atoms with Crippen LogP contribution < -0.4 is 10.7 Å². The second-order valence-corrected chi connectivity index (χ2v) is 4.13. The topological polar surface area (TPSA) is 81.7 Å². The summed E-state index contributed by atoms with van der Waals surface area (Å²) in [6.45, 7) is 0.196. The number of carboxylic acid groups (broad SMARTS) is 1. The normalized spacial score (nSPS) is 18.1. The lowest BCUT2D eigenvalue weighted by Crippen LogP contribution is -2.51. The zero-order chi connectivity index (χ0) is 11.5. The molecule has 1 rings (SSSR count). The Morgan fingerprint density at radius 3 is 2.33 bits per heavy atom. The number of urea groups is 1. The highest BCUT2D eigenvalue weighted by Gasteiger charge is 2.44. The summed E-state index contributed by atoms with van der Waals surface area (Å²) in [5, 5.41) is 13.1. The molecule has 0 aliphatic heterocycles. The van der Waals surface area contributed by atoms with Crippen LogP contribution in [0.5, 0.6) is 0 Å². The highest BCUT2D eigenvalue weighted by atomic mass is 16.4. The van der Waals surface area contributed by atoms with Gasteiger partial charge in [-0.3, -0.25) is 10.2 Å². The van der Waals surface area contributed by atoms with Crippen LogP contribution in [-0.2, 0) is 4.79 Å². The Morgan fingerprint density at radius 1 is 1.40 bits per heavy atom. The van der Waals surface area contributed by atoms with Gasteiger partial charge in [-0.25, -0.2) is 9.80 Å². The van der Waals surface area contributed by atoms with Crippen molar-refractivity contribution in [3.63, 3.8) is 0 Å². The number of carboxylic acids is 1. The van der Waals surface area contributed by atoms with Gasteiger partial charge < -0.3 is 10.4 Å². The molecule has 1 aliphatic rings. The minimum Gasteiger partial charge on any atom is -0.481 e. The summed E-state index contributed by atoms with van der Waals surface area (Å²) in [5.41, 5.74) is 1.76. The number of nitrogens with one attached hydrogen (secondary N) is 2. The number of carbonyl (C=O) groups is 2. The highest BCUT2D eigenvalue weighted by molar-refractivity contribution is 5.78. The molecule has 0 aromatic heterocycles. The van der Waals surface area contributed by atoms with Crippen LogP contribution >= 0.6 is 0 Å². The lowest BCUT2D eigenvalue weighted by Gasteiger charge is -2.37. The van der Waals surface area contributed by atoms with E-state index in [0.29, 0.717) is 12.8 Å². The Hall–Kier alpha value is -1.30. The van der Waals surface area contributed by atoms with Crippen LogP contribution in [0.3, 0.4) is 0 Å². The molecule has 0 spiro atoms. The van der Waals surface area contributed by atoms with Gasteiger partial charge in [-0.1, -0.05) is 6.42 Å². The molecule has 0 aromatic carbocycles. The van der Waals surface area contributed by atoms with Crippen molar-refractivity contribution in [3.05, 3.63) is 0 Å². The SMILES string of the molecule is CN(C)NC(=O)NCC1(C(=O)O)CCC1. The van der Waals surface area contributed by atoms with E-state index in [1.807, 2.05) is 0 Å². The number of aliphatic carboxylic acids is 1. The average Bonchev–Trinajstić information content (AvgIpc) is 1.99. The molecule has 6 nitrogen and oxygen atoms in total. The van der Waals surface area contributed by atoms with Crippen LogP contribution in [-0.4, -0.2) is 42.8 Å². The molecule has 3 N–H and O–H groups in total. The molecular formula is C9H17N3O3. The van der Waals surface area contributed by atoms with Gasteiger partial charge in [-0.2, -0.15) is 0 Å². The van der Waals surface area contributed by atoms with Crippen molar-refractivity contribution in [3.8, 4) is 0 Å². The standard InChI is InChI=1S/C9H17N3O3/c1-12(2)11-8(15)10-6-9(7(13)14)4-3-5-9/h3-6H2,1-2H3,(H,13,14)(H2,10,11,15). The number of hydrogen-bond donors (Lipinski definition) is 3. The Kier molecular flexibility index (Phi) is 3.52. The maximum atomic E-state index is 11.2. The van der Waals surface area contributed by atoms with Crippen molar-refractivity contribution in [1.82, 2.24) is 15.8 Å². The monoisotopic (exact) mass is 215 g/mol. The Morgan fingerprint density at radius 2 is 2.00 bits per heavy atom. The molecule has 0 radical (unpaired) electrons. The van der Waals surface area contributed by atoms with Gasteiger partial charge in [0.1, 0.15) is 0 Å². The number of nitrogens with zero attached hydrogens (tertiary/aromatic N) is 1. The summed E-state index contributed by atoms with van der Waals surface area (Å²) < 4.78 is 0. The van der Waals surface area contributed by atoms with Gasteiger partial charge in [-0.05, 0) is 12.8 Å². The Balaban J connectivity index is 2.35. The quantitative estimate of drug-likeness (QED) is 0.577.